The molecule has 1 N–H and O–H groups in total. The Morgan fingerprint density at radius 3 is 0.784 bits per heavy atom. The van der Waals surface area contributed by atoms with E-state index in [0.717, 1.165) is 205 Å². The molecule has 566 valence electrons. The first-order chi connectivity index (χ1) is 50.0. The van der Waals surface area contributed by atoms with Gasteiger partial charge < -0.3 is 18.9 Å². The molecule has 0 aliphatic carbocycles. The normalized spacial score (nSPS) is 14.5. The molecule has 10 heteroatoms. The van der Waals surface area contributed by atoms with Crippen LogP contribution in [0.25, 0.3) is 0 Å². The number of nitrogens with zero attached hydrogens (tertiary/aromatic N) is 1. The molecule has 102 heavy (non-hydrogen) atoms. The van der Waals surface area contributed by atoms with Crippen molar-refractivity contribution in [2.75, 3.05) is 47.5 Å². The van der Waals surface area contributed by atoms with E-state index >= 15 is 0 Å². The lowest BCUT2D eigenvalue weighted by molar-refractivity contribution is -0.870. The highest BCUT2D eigenvalue weighted by Crippen LogP contribution is 2.43. The summed E-state index contributed by atoms with van der Waals surface area (Å²) in [6.07, 6.45) is 131. The van der Waals surface area contributed by atoms with Crippen LogP contribution in [0.5, 0.6) is 0 Å². The van der Waals surface area contributed by atoms with Crippen LogP contribution in [0.1, 0.15) is 245 Å². The molecule has 0 aromatic carbocycles. The van der Waals surface area contributed by atoms with Crippen LogP contribution in [0.15, 0.2) is 267 Å². The molecule has 2 unspecified atom stereocenters. The predicted octanol–water partition coefficient (Wildman–Crippen LogP) is 26.6. The average Bonchev–Trinajstić information content (AvgIpc) is 0.935. The van der Waals surface area contributed by atoms with Crippen molar-refractivity contribution in [3.63, 3.8) is 0 Å². The van der Waals surface area contributed by atoms with E-state index in [2.05, 4.69) is 281 Å². The first-order valence-corrected chi connectivity index (χ1v) is 40.6. The number of carbonyl (C=O) groups excluding carboxylic acids is 2. The van der Waals surface area contributed by atoms with E-state index in [4.69, 9.17) is 18.5 Å². The zero-order chi connectivity index (χ0) is 74.0. The Balaban J connectivity index is 4.22. The lowest BCUT2D eigenvalue weighted by atomic mass is 10.1. The Morgan fingerprint density at radius 1 is 0.304 bits per heavy atom. The SMILES string of the molecule is CC/C=C\C/C=C\C/C=C\C/C=C\C/C=C\C/C=C\C/C=C\C/C=C\C/C=C\C/C=C\C/C=C\CCCCCCCC(=O)OCC(COP(=O)(O)OCC[N+](C)(C)C)OC(=O)CCCCCCC/C=C\C/C=C\C/C=C\C/C=C\C/C=C\C/C=C\C/C=C\C/C=C\C/C=C\C/C=C\C/C=C\CC. The van der Waals surface area contributed by atoms with Gasteiger partial charge in [0.05, 0.1) is 27.7 Å². The molecular weight excluding hydrogens is 1280 g/mol. The van der Waals surface area contributed by atoms with E-state index in [1.54, 1.807) is 0 Å². The smallest absolute Gasteiger partial charge is 0.462 e. The molecule has 0 rings (SSSR count). The molecule has 0 spiro atoms. The van der Waals surface area contributed by atoms with Gasteiger partial charge in [-0.05, 0) is 180 Å². The van der Waals surface area contributed by atoms with Crippen molar-refractivity contribution in [3.05, 3.63) is 267 Å². The fraction of sp³-hybridized carbons (Fsp3) is 0.500. The number of unbranched alkanes of at least 4 members (excludes halogenated alkanes) is 10. The van der Waals surface area contributed by atoms with Gasteiger partial charge in [0, 0.05) is 12.8 Å². The second kappa shape index (κ2) is 78.4. The topological polar surface area (TPSA) is 108 Å². The Labute approximate surface area is 624 Å². The number of esters is 2. The van der Waals surface area contributed by atoms with Crippen molar-refractivity contribution in [3.8, 4) is 0 Å². The van der Waals surface area contributed by atoms with Crippen LogP contribution >= 0.6 is 7.82 Å². The highest BCUT2D eigenvalue weighted by atomic mass is 31.2. The van der Waals surface area contributed by atoms with Crippen LogP contribution in [0.4, 0.5) is 0 Å². The van der Waals surface area contributed by atoms with Crippen LogP contribution in [-0.2, 0) is 32.7 Å². The van der Waals surface area contributed by atoms with Crippen molar-refractivity contribution in [2.24, 2.45) is 0 Å². The van der Waals surface area contributed by atoms with E-state index in [-0.39, 0.29) is 26.1 Å². The average molecular weight is 1420 g/mol. The van der Waals surface area contributed by atoms with E-state index in [1.807, 2.05) is 21.1 Å². The number of rotatable bonds is 68. The van der Waals surface area contributed by atoms with Crippen LogP contribution in [0.3, 0.4) is 0 Å². The standard InChI is InChI=1S/C92H140NO8P/c1-6-8-10-12-14-16-18-20-22-24-26-28-30-32-34-36-38-40-42-44-46-48-50-52-54-56-58-60-62-64-66-68-70-72-74-76-78-80-82-84-91(94)98-88-90(89-100-102(96,97)99-87-86-93(3,4)5)101-92(95)85-83-81-79-77-75-73-71-69-67-65-63-61-59-57-55-53-51-49-47-45-43-41-39-37-35-33-31-29-27-25-23-21-19-17-15-13-11-9-7-2/h8-11,14-17,20-23,26-29,32-35,38-41,44-47,50-53,56-59,62-65,68-71,90H,6-7,12-13,18-19,24-25,30-31,36-37,42-43,48-49,54-55,60-61,66-67,72-89H2,1-5H3/p+1/b10-8-,11-9-,16-14-,17-15-,22-20-,23-21-,28-26-,29-27-,34-32-,35-33-,40-38-,41-39-,46-44-,47-45-,52-50-,53-51-,58-56-,59-57-,64-62-,65-63-,70-68-,71-69-. The van der Waals surface area contributed by atoms with Crippen molar-refractivity contribution >= 4 is 19.8 Å². The van der Waals surface area contributed by atoms with Gasteiger partial charge in [0.2, 0.25) is 0 Å². The molecule has 0 aromatic rings. The first kappa shape index (κ1) is 95.3. The number of carbonyl (C=O) groups is 2. The van der Waals surface area contributed by atoms with Crippen LogP contribution < -0.4 is 0 Å². The van der Waals surface area contributed by atoms with E-state index in [1.165, 1.54) is 0 Å². The quantitative estimate of drug-likeness (QED) is 0.0211. The van der Waals surface area contributed by atoms with Crippen LogP contribution in [0, 0.1) is 0 Å². The van der Waals surface area contributed by atoms with Gasteiger partial charge in [-0.25, -0.2) is 4.57 Å². The molecule has 0 heterocycles. The van der Waals surface area contributed by atoms with Crippen molar-refractivity contribution in [2.45, 2.75) is 251 Å². The Kier molecular flexibility index (Phi) is 73.3. The number of hydrogen-bond donors (Lipinski definition) is 1. The Hall–Kier alpha value is -6.71. The number of hydrogen-bond acceptors (Lipinski definition) is 7. The molecule has 0 fully saturated rings. The lowest BCUT2D eigenvalue weighted by Gasteiger charge is -2.24. The predicted molar refractivity (Wildman–Crippen MR) is 444 cm³/mol. The van der Waals surface area contributed by atoms with Crippen molar-refractivity contribution in [1.82, 2.24) is 0 Å². The summed E-state index contributed by atoms with van der Waals surface area (Å²) >= 11 is 0. The van der Waals surface area contributed by atoms with E-state index in [0.29, 0.717) is 23.9 Å². The minimum atomic E-state index is -4.43. The minimum Gasteiger partial charge on any atom is -0.462 e. The lowest BCUT2D eigenvalue weighted by Crippen LogP contribution is -2.37. The summed E-state index contributed by atoms with van der Waals surface area (Å²) in [5.74, 6) is -0.864. The van der Waals surface area contributed by atoms with Crippen molar-refractivity contribution < 1.29 is 42.1 Å². The van der Waals surface area contributed by atoms with Crippen molar-refractivity contribution in [1.29, 1.82) is 0 Å². The third kappa shape index (κ3) is 82.2. The van der Waals surface area contributed by atoms with Crippen LogP contribution in [0.2, 0.25) is 0 Å². The van der Waals surface area contributed by atoms with E-state index < -0.39 is 32.5 Å². The minimum absolute atomic E-state index is 0.00878. The van der Waals surface area contributed by atoms with Gasteiger partial charge in [0.15, 0.2) is 6.10 Å². The highest BCUT2D eigenvalue weighted by Gasteiger charge is 2.27. The second-order valence-electron chi connectivity index (χ2n) is 25.9. The maximum Gasteiger partial charge on any atom is 0.472 e. The molecule has 0 aromatic heterocycles. The molecular formula is C92H141NO8P+. The number of quaternary nitrogens is 1. The molecule has 0 bridgehead atoms. The Bertz CT molecular complexity index is 2730. The van der Waals surface area contributed by atoms with Gasteiger partial charge >= 0.3 is 19.8 Å². The summed E-state index contributed by atoms with van der Waals surface area (Å²) in [5.41, 5.74) is 0. The summed E-state index contributed by atoms with van der Waals surface area (Å²) < 4.78 is 34.7. The third-order valence-electron chi connectivity index (χ3n) is 15.3. The number of ether oxygens (including phenoxy) is 2. The molecule has 0 saturated carbocycles. The highest BCUT2D eigenvalue weighted by molar-refractivity contribution is 7.47. The number of phosphoric ester groups is 1. The van der Waals surface area contributed by atoms with Gasteiger partial charge in [-0.15, -0.1) is 0 Å². The van der Waals surface area contributed by atoms with Crippen LogP contribution in [-0.4, -0.2) is 74.9 Å². The maximum absolute atomic E-state index is 12.9. The van der Waals surface area contributed by atoms with Gasteiger partial charge in [0.1, 0.15) is 19.8 Å². The molecule has 0 aliphatic heterocycles. The summed E-state index contributed by atoms with van der Waals surface area (Å²) in [7, 11) is 1.41. The molecule has 9 nitrogen and oxygen atoms in total. The number of allylic oxidation sites excluding steroid dienone is 44. The van der Waals surface area contributed by atoms with Gasteiger partial charge in [-0.1, -0.05) is 320 Å². The second-order valence-corrected chi connectivity index (χ2v) is 27.4. The third-order valence-corrected chi connectivity index (χ3v) is 16.2. The largest absolute Gasteiger partial charge is 0.472 e. The van der Waals surface area contributed by atoms with E-state index in [9.17, 15) is 19.0 Å². The summed E-state index contributed by atoms with van der Waals surface area (Å²) in [6, 6.07) is 0. The fourth-order valence-electron chi connectivity index (χ4n) is 9.38. The molecule has 0 radical (unpaired) electrons. The summed E-state index contributed by atoms with van der Waals surface area (Å²) in [5, 5.41) is 0. The number of likely N-dealkylation sites (N-methyl/N-ethyl adjacent to an activating group) is 1. The summed E-state index contributed by atoms with van der Waals surface area (Å²) in [4.78, 5) is 36.0. The zero-order valence-electron chi connectivity index (χ0n) is 64.5. The molecule has 0 aliphatic rings. The number of phosphoric acid groups is 1. The molecule has 0 saturated heterocycles. The van der Waals surface area contributed by atoms with Gasteiger partial charge in [-0.2, -0.15) is 0 Å². The first-order valence-electron chi connectivity index (χ1n) is 39.1. The molecule has 2 atom stereocenters. The fourth-order valence-corrected chi connectivity index (χ4v) is 10.1. The maximum atomic E-state index is 12.9. The monoisotopic (exact) mass is 1420 g/mol. The zero-order valence-corrected chi connectivity index (χ0v) is 65.4. The summed E-state index contributed by atoms with van der Waals surface area (Å²) in [6.45, 7) is 4.12. The van der Waals surface area contributed by atoms with Gasteiger partial charge in [0.25, 0.3) is 0 Å². The molecule has 0 amide bonds. The van der Waals surface area contributed by atoms with Gasteiger partial charge in [-0.3, -0.25) is 18.6 Å². The Morgan fingerprint density at radius 2 is 0.529 bits per heavy atom.